The maximum Gasteiger partial charge on any atom is 0.243 e. The minimum Gasteiger partial charge on any atom is -0.398 e. The second-order valence-electron chi connectivity index (χ2n) is 3.85. The van der Waals surface area contributed by atoms with Crippen molar-refractivity contribution in [2.24, 2.45) is 0 Å². The van der Waals surface area contributed by atoms with E-state index < -0.39 is 10.0 Å². The van der Waals surface area contributed by atoms with Crippen LogP contribution in [0, 0.1) is 0 Å². The Morgan fingerprint density at radius 1 is 1.50 bits per heavy atom. The number of rotatable bonds is 5. The topological polar surface area (TPSA) is 72.2 Å². The van der Waals surface area contributed by atoms with Gasteiger partial charge in [0, 0.05) is 15.0 Å². The summed E-state index contributed by atoms with van der Waals surface area (Å²) in [5.74, 6) is 0. The molecular formula is C11H14Br2N2O2S. The van der Waals surface area contributed by atoms with Crippen molar-refractivity contribution in [1.82, 2.24) is 4.72 Å². The Morgan fingerprint density at radius 2 is 2.11 bits per heavy atom. The molecular weight excluding hydrogens is 384 g/mol. The van der Waals surface area contributed by atoms with Crippen molar-refractivity contribution in [3.63, 3.8) is 0 Å². The highest BCUT2D eigenvalue weighted by atomic mass is 79.9. The van der Waals surface area contributed by atoms with E-state index in [0.29, 0.717) is 15.4 Å². The lowest BCUT2D eigenvalue weighted by Gasteiger charge is -2.15. The van der Waals surface area contributed by atoms with E-state index in [9.17, 15) is 8.42 Å². The first-order valence-corrected chi connectivity index (χ1v) is 8.22. The van der Waals surface area contributed by atoms with E-state index in [1.807, 2.05) is 0 Å². The molecule has 0 fully saturated rings. The number of anilines is 1. The Morgan fingerprint density at radius 3 is 2.61 bits per heavy atom. The van der Waals surface area contributed by atoms with Crippen LogP contribution in [0.25, 0.3) is 0 Å². The molecule has 1 atom stereocenters. The molecule has 1 aromatic carbocycles. The number of hydrogen-bond donors (Lipinski definition) is 2. The molecule has 0 aliphatic carbocycles. The number of halogens is 2. The maximum absolute atomic E-state index is 12.2. The van der Waals surface area contributed by atoms with Gasteiger partial charge in [-0.2, -0.15) is 0 Å². The van der Waals surface area contributed by atoms with E-state index in [0.717, 1.165) is 0 Å². The molecule has 0 bridgehead atoms. The van der Waals surface area contributed by atoms with Gasteiger partial charge in [-0.3, -0.25) is 0 Å². The van der Waals surface area contributed by atoms with Gasteiger partial charge in [-0.05, 0) is 41.4 Å². The van der Waals surface area contributed by atoms with Crippen LogP contribution in [-0.2, 0) is 10.0 Å². The van der Waals surface area contributed by atoms with Crippen LogP contribution in [0.1, 0.15) is 13.3 Å². The smallest absolute Gasteiger partial charge is 0.243 e. The van der Waals surface area contributed by atoms with E-state index >= 15 is 0 Å². The molecule has 0 amide bonds. The number of nitrogens with two attached hydrogens (primary N) is 1. The maximum atomic E-state index is 12.2. The molecule has 1 aromatic rings. The fraction of sp³-hybridized carbons (Fsp3) is 0.273. The van der Waals surface area contributed by atoms with Crippen LogP contribution >= 0.6 is 31.9 Å². The van der Waals surface area contributed by atoms with E-state index in [-0.39, 0.29) is 16.6 Å². The summed E-state index contributed by atoms with van der Waals surface area (Å²) in [7, 11) is -3.65. The van der Waals surface area contributed by atoms with Crippen molar-refractivity contribution in [1.29, 1.82) is 0 Å². The minimum atomic E-state index is -3.65. The molecule has 7 heteroatoms. The van der Waals surface area contributed by atoms with Gasteiger partial charge in [-0.1, -0.05) is 22.0 Å². The predicted molar refractivity (Wildman–Crippen MR) is 80.9 cm³/mol. The molecule has 0 spiro atoms. The summed E-state index contributed by atoms with van der Waals surface area (Å²) in [6.07, 6.45) is 2.21. The van der Waals surface area contributed by atoms with E-state index in [4.69, 9.17) is 5.73 Å². The first kappa shape index (κ1) is 15.7. The fourth-order valence-electron chi connectivity index (χ4n) is 1.49. The van der Waals surface area contributed by atoms with Crippen LogP contribution in [-0.4, -0.2) is 14.5 Å². The first-order chi connectivity index (χ1) is 8.27. The monoisotopic (exact) mass is 396 g/mol. The molecule has 1 rings (SSSR count). The minimum absolute atomic E-state index is 0.0570. The number of hydrogen-bond acceptors (Lipinski definition) is 3. The average Bonchev–Trinajstić information content (AvgIpc) is 2.13. The van der Waals surface area contributed by atoms with Crippen molar-refractivity contribution >= 4 is 47.6 Å². The Balaban J connectivity index is 3.17. The molecule has 0 saturated heterocycles. The first-order valence-electron chi connectivity index (χ1n) is 5.15. The van der Waals surface area contributed by atoms with E-state index in [2.05, 4.69) is 43.2 Å². The standard InChI is InChI=1S/C11H14Br2N2O2S/c1-3-4-7(2)15-18(16,17)11-9(13)5-8(12)6-10(11)14/h3,5-7,15H,1,4,14H2,2H3. The number of nitrogens with one attached hydrogen (secondary N) is 1. The molecule has 0 heterocycles. The lowest BCUT2D eigenvalue weighted by molar-refractivity contribution is 0.562. The second-order valence-corrected chi connectivity index (χ2v) is 7.27. The molecule has 4 nitrogen and oxygen atoms in total. The Labute approximate surface area is 124 Å². The molecule has 0 aliphatic heterocycles. The molecule has 3 N–H and O–H groups in total. The van der Waals surface area contributed by atoms with Crippen LogP contribution in [0.4, 0.5) is 5.69 Å². The summed E-state index contributed by atoms with van der Waals surface area (Å²) >= 11 is 6.46. The molecule has 0 radical (unpaired) electrons. The largest absolute Gasteiger partial charge is 0.398 e. The van der Waals surface area contributed by atoms with Crippen LogP contribution in [0.2, 0.25) is 0 Å². The quantitative estimate of drug-likeness (QED) is 0.592. The normalized spacial score (nSPS) is 13.3. The molecule has 100 valence electrons. The molecule has 0 aliphatic rings. The number of benzene rings is 1. The zero-order chi connectivity index (χ0) is 13.9. The third kappa shape index (κ3) is 3.81. The predicted octanol–water partition coefficient (Wildman–Crippen LogP) is 3.04. The third-order valence-electron chi connectivity index (χ3n) is 2.18. The summed E-state index contributed by atoms with van der Waals surface area (Å²) in [6, 6.07) is 2.96. The van der Waals surface area contributed by atoms with Crippen LogP contribution in [0.3, 0.4) is 0 Å². The molecule has 18 heavy (non-hydrogen) atoms. The van der Waals surface area contributed by atoms with Crippen molar-refractivity contribution in [3.05, 3.63) is 33.7 Å². The van der Waals surface area contributed by atoms with Gasteiger partial charge in [0.25, 0.3) is 0 Å². The lowest BCUT2D eigenvalue weighted by Crippen LogP contribution is -2.32. The summed E-state index contributed by atoms with van der Waals surface area (Å²) in [5.41, 5.74) is 5.95. The summed E-state index contributed by atoms with van der Waals surface area (Å²) < 4.78 is 28.1. The Hall–Kier alpha value is -0.370. The third-order valence-corrected chi connectivity index (χ3v) is 5.23. The van der Waals surface area contributed by atoms with Crippen LogP contribution in [0.15, 0.2) is 38.6 Å². The summed E-state index contributed by atoms with van der Waals surface area (Å²) in [4.78, 5) is 0.0570. The highest BCUT2D eigenvalue weighted by molar-refractivity contribution is 9.11. The van der Waals surface area contributed by atoms with Gasteiger partial charge in [0.05, 0.1) is 5.69 Å². The van der Waals surface area contributed by atoms with Crippen molar-refractivity contribution in [2.45, 2.75) is 24.3 Å². The van der Waals surface area contributed by atoms with Gasteiger partial charge in [0.1, 0.15) is 4.90 Å². The highest BCUT2D eigenvalue weighted by Crippen LogP contribution is 2.31. The summed E-state index contributed by atoms with van der Waals surface area (Å²) in [5, 5.41) is 0. The van der Waals surface area contributed by atoms with Crippen LogP contribution < -0.4 is 10.5 Å². The van der Waals surface area contributed by atoms with Gasteiger partial charge in [-0.25, -0.2) is 13.1 Å². The van der Waals surface area contributed by atoms with Crippen molar-refractivity contribution in [2.75, 3.05) is 5.73 Å². The Kier molecular flexibility index (Phi) is 5.39. The lowest BCUT2D eigenvalue weighted by atomic mass is 10.3. The van der Waals surface area contributed by atoms with Gasteiger partial charge in [0.2, 0.25) is 10.0 Å². The average molecular weight is 398 g/mol. The fourth-order valence-corrected chi connectivity index (χ4v) is 4.81. The highest BCUT2D eigenvalue weighted by Gasteiger charge is 2.23. The van der Waals surface area contributed by atoms with E-state index in [1.54, 1.807) is 25.1 Å². The Bertz CT molecular complexity index is 535. The zero-order valence-electron chi connectivity index (χ0n) is 9.78. The second kappa shape index (κ2) is 6.18. The SMILES string of the molecule is C=CCC(C)NS(=O)(=O)c1c(N)cc(Br)cc1Br. The summed E-state index contributed by atoms with van der Waals surface area (Å²) in [6.45, 7) is 5.34. The van der Waals surface area contributed by atoms with E-state index in [1.165, 1.54) is 0 Å². The molecule has 0 aromatic heterocycles. The van der Waals surface area contributed by atoms with Gasteiger partial charge < -0.3 is 5.73 Å². The number of nitrogen functional groups attached to an aromatic ring is 1. The van der Waals surface area contributed by atoms with Gasteiger partial charge in [-0.15, -0.1) is 6.58 Å². The molecule has 1 unspecified atom stereocenters. The zero-order valence-corrected chi connectivity index (χ0v) is 13.8. The van der Waals surface area contributed by atoms with Crippen molar-refractivity contribution in [3.8, 4) is 0 Å². The molecule has 0 saturated carbocycles. The van der Waals surface area contributed by atoms with Crippen LogP contribution in [0.5, 0.6) is 0 Å². The van der Waals surface area contributed by atoms with Crippen molar-refractivity contribution < 1.29 is 8.42 Å². The number of sulfonamides is 1. The van der Waals surface area contributed by atoms with Gasteiger partial charge >= 0.3 is 0 Å². The van der Waals surface area contributed by atoms with Gasteiger partial charge in [0.15, 0.2) is 0 Å².